The smallest absolute Gasteiger partial charge is 0.412 e. The molecule has 1 aromatic rings. The first-order valence-corrected chi connectivity index (χ1v) is 8.10. The summed E-state index contributed by atoms with van der Waals surface area (Å²) < 4.78 is 25.0. The minimum absolute atomic E-state index is 0.170. The van der Waals surface area contributed by atoms with E-state index in [0.29, 0.717) is 0 Å². The minimum Gasteiger partial charge on any atom is -0.444 e. The summed E-state index contributed by atoms with van der Waals surface area (Å²) in [6.07, 6.45) is -1.36. The lowest BCUT2D eigenvalue weighted by Crippen LogP contribution is -2.50. The van der Waals surface area contributed by atoms with Gasteiger partial charge >= 0.3 is 6.09 Å². The Morgan fingerprint density at radius 2 is 2.08 bits per heavy atom. The number of ether oxygens (including phenoxy) is 2. The first-order valence-electron chi connectivity index (χ1n) is 8.10. The summed E-state index contributed by atoms with van der Waals surface area (Å²) in [6.45, 7) is 9.17. The lowest BCUT2D eigenvalue weighted by atomic mass is 10.0. The molecule has 1 aliphatic heterocycles. The lowest BCUT2D eigenvalue weighted by Gasteiger charge is -2.35. The highest BCUT2D eigenvalue weighted by Crippen LogP contribution is 2.34. The van der Waals surface area contributed by atoms with Crippen LogP contribution < -0.4 is 0 Å². The normalized spacial score (nSPS) is 21.6. The van der Waals surface area contributed by atoms with Crippen molar-refractivity contribution in [3.63, 3.8) is 0 Å². The number of benzene rings is 1. The summed E-state index contributed by atoms with van der Waals surface area (Å²) in [6, 6.07) is 5.69. The first kappa shape index (κ1) is 18.7. The molecule has 0 aromatic heterocycles. The molecule has 1 aliphatic rings. The molecule has 0 bridgehead atoms. The first-order chi connectivity index (χ1) is 11.0. The average molecular weight is 339 g/mol. The van der Waals surface area contributed by atoms with Crippen molar-refractivity contribution in [2.45, 2.75) is 64.5 Å². The molecule has 0 spiro atoms. The van der Waals surface area contributed by atoms with E-state index >= 15 is 0 Å². The Bertz CT molecular complexity index is 597. The van der Waals surface area contributed by atoms with E-state index in [2.05, 4.69) is 0 Å². The number of halogens is 1. The van der Waals surface area contributed by atoms with Gasteiger partial charge in [-0.05, 0) is 40.7 Å². The number of hydrogen-bond acceptors (Lipinski definition) is 4. The van der Waals surface area contributed by atoms with E-state index in [4.69, 9.17) is 9.47 Å². The maximum Gasteiger partial charge on any atom is 0.412 e. The van der Waals surface area contributed by atoms with E-state index in [1.807, 2.05) is 0 Å². The van der Waals surface area contributed by atoms with Gasteiger partial charge in [-0.25, -0.2) is 9.18 Å². The number of aliphatic hydroxyl groups excluding tert-OH is 1. The Balaban J connectivity index is 2.16. The molecule has 1 amide bonds. The number of amides is 1. The molecule has 1 N–H and O–H groups in total. The van der Waals surface area contributed by atoms with Crippen LogP contribution in [0.3, 0.4) is 0 Å². The van der Waals surface area contributed by atoms with Crippen molar-refractivity contribution >= 4 is 6.09 Å². The summed E-state index contributed by atoms with van der Waals surface area (Å²) in [4.78, 5) is 14.0. The molecule has 24 heavy (non-hydrogen) atoms. The summed E-state index contributed by atoms with van der Waals surface area (Å²) >= 11 is 0. The molecule has 1 fully saturated rings. The van der Waals surface area contributed by atoms with Crippen molar-refractivity contribution in [3.8, 4) is 0 Å². The number of nitrogens with zero attached hydrogens (tertiary/aromatic N) is 1. The molecule has 0 aliphatic carbocycles. The molecule has 2 atom stereocenters. The summed E-state index contributed by atoms with van der Waals surface area (Å²) in [5.74, 6) is -0.466. The molecule has 1 heterocycles. The van der Waals surface area contributed by atoms with Gasteiger partial charge in [0.05, 0.1) is 18.8 Å². The van der Waals surface area contributed by atoms with Crippen molar-refractivity contribution in [3.05, 3.63) is 35.6 Å². The molecule has 5 nitrogen and oxygen atoms in total. The third kappa shape index (κ3) is 4.24. The number of carbonyl (C=O) groups is 1. The molecule has 6 heteroatoms. The number of carbonyl (C=O) groups excluding carboxylic acids is 1. The van der Waals surface area contributed by atoms with Gasteiger partial charge in [0, 0.05) is 12.0 Å². The lowest BCUT2D eigenvalue weighted by molar-refractivity contribution is -0.0637. The Labute approximate surface area is 142 Å². The highest BCUT2D eigenvalue weighted by Gasteiger charge is 2.46. The predicted octanol–water partition coefficient (Wildman–Crippen LogP) is 3.62. The molecular weight excluding hydrogens is 313 g/mol. The number of aliphatic hydroxyl groups is 1. The van der Waals surface area contributed by atoms with Crippen molar-refractivity contribution in [2.75, 3.05) is 6.61 Å². The van der Waals surface area contributed by atoms with Gasteiger partial charge in [0.2, 0.25) is 0 Å². The van der Waals surface area contributed by atoms with Crippen LogP contribution in [0.5, 0.6) is 0 Å². The molecule has 134 valence electrons. The topological polar surface area (TPSA) is 59.0 Å². The fraction of sp³-hybridized carbons (Fsp3) is 0.611. The van der Waals surface area contributed by atoms with Gasteiger partial charge in [-0.1, -0.05) is 18.2 Å². The molecule has 0 saturated carbocycles. The van der Waals surface area contributed by atoms with E-state index in [-0.39, 0.29) is 18.6 Å². The fourth-order valence-electron chi connectivity index (χ4n) is 2.87. The van der Waals surface area contributed by atoms with E-state index in [0.717, 1.165) is 0 Å². The molecular formula is C18H26FNO4. The van der Waals surface area contributed by atoms with Crippen molar-refractivity contribution in [2.24, 2.45) is 0 Å². The van der Waals surface area contributed by atoms with Crippen molar-refractivity contribution < 1.29 is 23.8 Å². The van der Waals surface area contributed by atoms with Crippen LogP contribution in [0.4, 0.5) is 9.18 Å². The zero-order chi connectivity index (χ0) is 18.1. The van der Waals surface area contributed by atoms with Crippen LogP contribution in [-0.4, -0.2) is 40.1 Å². The van der Waals surface area contributed by atoms with Gasteiger partial charge in [0.25, 0.3) is 0 Å². The van der Waals surface area contributed by atoms with E-state index in [9.17, 15) is 14.3 Å². The van der Waals surface area contributed by atoms with Crippen molar-refractivity contribution in [1.82, 2.24) is 4.90 Å². The largest absolute Gasteiger partial charge is 0.444 e. The quantitative estimate of drug-likeness (QED) is 0.914. The molecule has 1 aromatic carbocycles. The Morgan fingerprint density at radius 1 is 1.46 bits per heavy atom. The SMILES string of the molecule is CC(C)(C)OC(=O)N1[C@@H](C[C@H](O)c2ccccc2F)COC1(C)C. The third-order valence-electron chi connectivity index (χ3n) is 3.92. The van der Waals surface area contributed by atoms with Gasteiger partial charge in [0.1, 0.15) is 17.1 Å². The van der Waals surface area contributed by atoms with E-state index in [1.54, 1.807) is 52.8 Å². The molecule has 1 saturated heterocycles. The predicted molar refractivity (Wildman–Crippen MR) is 87.9 cm³/mol. The van der Waals surface area contributed by atoms with Crippen LogP contribution in [0.15, 0.2) is 24.3 Å². The van der Waals surface area contributed by atoms with Gasteiger partial charge in [0.15, 0.2) is 0 Å². The highest BCUT2D eigenvalue weighted by molar-refractivity contribution is 5.69. The standard InChI is InChI=1S/C18H26FNO4/c1-17(2,3)24-16(22)20-12(11-23-18(20,4)5)10-15(21)13-8-6-7-9-14(13)19/h6-9,12,15,21H,10-11H2,1-5H3/t12-,15-/m0/s1. The van der Waals surface area contributed by atoms with Gasteiger partial charge in [-0.3, -0.25) is 4.90 Å². The summed E-state index contributed by atoms with van der Waals surface area (Å²) in [5.41, 5.74) is -1.27. The highest BCUT2D eigenvalue weighted by atomic mass is 19.1. The average Bonchev–Trinajstić information content (AvgIpc) is 2.72. The maximum absolute atomic E-state index is 13.8. The minimum atomic E-state index is -1.03. The zero-order valence-electron chi connectivity index (χ0n) is 14.9. The van der Waals surface area contributed by atoms with E-state index in [1.165, 1.54) is 11.0 Å². The van der Waals surface area contributed by atoms with E-state index < -0.39 is 35.4 Å². The van der Waals surface area contributed by atoms with Gasteiger partial charge in [-0.2, -0.15) is 0 Å². The van der Waals surface area contributed by atoms with Crippen LogP contribution in [0.2, 0.25) is 0 Å². The second kappa shape index (κ2) is 6.69. The Kier molecular flexibility index (Phi) is 5.20. The Hall–Kier alpha value is -1.66. The second-order valence-electron chi connectivity index (χ2n) is 7.53. The van der Waals surface area contributed by atoms with Crippen LogP contribution in [0, 0.1) is 5.82 Å². The second-order valence-corrected chi connectivity index (χ2v) is 7.53. The maximum atomic E-state index is 13.8. The summed E-state index contributed by atoms with van der Waals surface area (Å²) in [5, 5.41) is 10.4. The fourth-order valence-corrected chi connectivity index (χ4v) is 2.87. The Morgan fingerprint density at radius 3 is 2.67 bits per heavy atom. The molecule has 0 unspecified atom stereocenters. The molecule has 2 rings (SSSR count). The monoisotopic (exact) mass is 339 g/mol. The number of rotatable bonds is 3. The molecule has 0 radical (unpaired) electrons. The zero-order valence-corrected chi connectivity index (χ0v) is 14.9. The van der Waals surface area contributed by atoms with Crippen molar-refractivity contribution in [1.29, 1.82) is 0 Å². The van der Waals surface area contributed by atoms with Crippen LogP contribution in [0.1, 0.15) is 52.7 Å². The van der Waals surface area contributed by atoms with Crippen LogP contribution in [0.25, 0.3) is 0 Å². The summed E-state index contributed by atoms with van der Waals surface area (Å²) in [7, 11) is 0. The van der Waals surface area contributed by atoms with Crippen LogP contribution >= 0.6 is 0 Å². The number of hydrogen-bond donors (Lipinski definition) is 1. The van der Waals surface area contributed by atoms with Crippen LogP contribution in [-0.2, 0) is 9.47 Å². The third-order valence-corrected chi connectivity index (χ3v) is 3.92. The van der Waals surface area contributed by atoms with Gasteiger partial charge in [-0.15, -0.1) is 0 Å². The van der Waals surface area contributed by atoms with Gasteiger partial charge < -0.3 is 14.6 Å².